The summed E-state index contributed by atoms with van der Waals surface area (Å²) in [6, 6.07) is 10.5. The van der Waals surface area contributed by atoms with Crippen molar-refractivity contribution in [2.24, 2.45) is 0 Å². The molecule has 0 radical (unpaired) electrons. The van der Waals surface area contributed by atoms with Gasteiger partial charge in [0.2, 0.25) is 0 Å². The molecule has 1 amide bonds. The summed E-state index contributed by atoms with van der Waals surface area (Å²) in [5, 5.41) is 2.70. The lowest BCUT2D eigenvalue weighted by atomic mass is 10.0. The number of carbonyl (C=O) groups is 2. The van der Waals surface area contributed by atoms with Crippen LogP contribution in [-0.4, -0.2) is 18.3 Å². The van der Waals surface area contributed by atoms with E-state index in [0.717, 1.165) is 10.0 Å². The first kappa shape index (κ1) is 13.8. The maximum Gasteiger partial charge on any atom is 0.262 e. The molecule has 1 N–H and O–H groups in total. The van der Waals surface area contributed by atoms with E-state index in [1.54, 1.807) is 24.3 Å². The van der Waals surface area contributed by atoms with Gasteiger partial charge in [-0.25, -0.2) is 0 Å². The smallest absolute Gasteiger partial charge is 0.262 e. The van der Waals surface area contributed by atoms with E-state index in [1.807, 2.05) is 19.1 Å². The molecule has 0 unspecified atom stereocenters. The zero-order valence-electron chi connectivity index (χ0n) is 11.3. The van der Waals surface area contributed by atoms with Gasteiger partial charge in [-0.1, -0.05) is 15.9 Å². The molecule has 0 fully saturated rings. The Bertz CT molecular complexity index is 755. The summed E-state index contributed by atoms with van der Waals surface area (Å²) in [5.41, 5.74) is 2.65. The van der Waals surface area contributed by atoms with E-state index < -0.39 is 0 Å². The lowest BCUT2D eigenvalue weighted by Crippen LogP contribution is -2.25. The SMILES string of the molecule is Cc1cc(C(=O)c2ccc3c(c2)NC(=O)CO3)ccc1Br. The number of ether oxygens (including phenoxy) is 1. The summed E-state index contributed by atoms with van der Waals surface area (Å²) < 4.78 is 6.24. The molecule has 0 saturated heterocycles. The largest absolute Gasteiger partial charge is 0.482 e. The van der Waals surface area contributed by atoms with Gasteiger partial charge in [0.05, 0.1) is 5.69 Å². The first-order valence-electron chi connectivity index (χ1n) is 6.42. The third kappa shape index (κ3) is 2.69. The highest BCUT2D eigenvalue weighted by Gasteiger charge is 2.18. The number of fused-ring (bicyclic) bond motifs is 1. The number of hydrogen-bond donors (Lipinski definition) is 1. The maximum atomic E-state index is 12.5. The second-order valence-electron chi connectivity index (χ2n) is 4.84. The molecular formula is C16H12BrNO3. The summed E-state index contributed by atoms with van der Waals surface area (Å²) in [7, 11) is 0. The molecular weight excluding hydrogens is 334 g/mol. The van der Waals surface area contributed by atoms with Crippen LogP contribution in [0, 0.1) is 6.92 Å². The minimum absolute atomic E-state index is 0.00615. The van der Waals surface area contributed by atoms with Crippen LogP contribution in [0.4, 0.5) is 5.69 Å². The van der Waals surface area contributed by atoms with Crippen LogP contribution in [0.25, 0.3) is 0 Å². The van der Waals surface area contributed by atoms with Gasteiger partial charge in [-0.3, -0.25) is 9.59 Å². The predicted molar refractivity (Wildman–Crippen MR) is 82.9 cm³/mol. The third-order valence-corrected chi connectivity index (χ3v) is 4.18. The first-order chi connectivity index (χ1) is 10.0. The van der Waals surface area contributed by atoms with Crippen molar-refractivity contribution in [3.63, 3.8) is 0 Å². The molecule has 4 nitrogen and oxygen atoms in total. The van der Waals surface area contributed by atoms with E-state index in [9.17, 15) is 9.59 Å². The van der Waals surface area contributed by atoms with Crippen molar-refractivity contribution in [2.75, 3.05) is 11.9 Å². The second kappa shape index (κ2) is 5.33. The van der Waals surface area contributed by atoms with Crippen molar-refractivity contribution in [3.05, 3.63) is 57.6 Å². The zero-order chi connectivity index (χ0) is 15.0. The summed E-state index contributed by atoms with van der Waals surface area (Å²) in [6.45, 7) is 1.94. The zero-order valence-corrected chi connectivity index (χ0v) is 12.9. The van der Waals surface area contributed by atoms with Gasteiger partial charge in [0.25, 0.3) is 5.91 Å². The van der Waals surface area contributed by atoms with E-state index in [2.05, 4.69) is 21.2 Å². The minimum atomic E-state index is -0.216. The number of halogens is 1. The Morgan fingerprint density at radius 2 is 1.90 bits per heavy atom. The Labute approximate surface area is 130 Å². The molecule has 0 aromatic heterocycles. The van der Waals surface area contributed by atoms with E-state index in [4.69, 9.17) is 4.74 Å². The van der Waals surface area contributed by atoms with Gasteiger partial charge in [0, 0.05) is 15.6 Å². The fourth-order valence-electron chi connectivity index (χ4n) is 2.18. The van der Waals surface area contributed by atoms with Crippen LogP contribution in [-0.2, 0) is 4.79 Å². The Hall–Kier alpha value is -2.14. The van der Waals surface area contributed by atoms with E-state index >= 15 is 0 Å². The van der Waals surface area contributed by atoms with Crippen LogP contribution >= 0.6 is 15.9 Å². The monoisotopic (exact) mass is 345 g/mol. The fourth-order valence-corrected chi connectivity index (χ4v) is 2.42. The fraction of sp³-hybridized carbons (Fsp3) is 0.125. The Morgan fingerprint density at radius 3 is 2.67 bits per heavy atom. The number of nitrogens with one attached hydrogen (secondary N) is 1. The number of benzene rings is 2. The summed E-state index contributed by atoms with van der Waals surface area (Å²) >= 11 is 3.42. The van der Waals surface area contributed by atoms with Crippen molar-refractivity contribution in [1.29, 1.82) is 0 Å². The van der Waals surface area contributed by atoms with Gasteiger partial charge in [0.1, 0.15) is 5.75 Å². The molecule has 2 aromatic rings. The number of ketones is 1. The number of hydrogen-bond acceptors (Lipinski definition) is 3. The lowest BCUT2D eigenvalue weighted by Gasteiger charge is -2.18. The van der Waals surface area contributed by atoms with Crippen molar-refractivity contribution in [2.45, 2.75) is 6.92 Å². The normalized spacial score (nSPS) is 13.1. The van der Waals surface area contributed by atoms with Gasteiger partial charge in [0.15, 0.2) is 12.4 Å². The van der Waals surface area contributed by atoms with Crippen LogP contribution in [0.5, 0.6) is 5.75 Å². The molecule has 5 heteroatoms. The number of amides is 1. The lowest BCUT2D eigenvalue weighted by molar-refractivity contribution is -0.118. The van der Waals surface area contributed by atoms with Crippen molar-refractivity contribution >= 4 is 33.3 Å². The number of anilines is 1. The first-order valence-corrected chi connectivity index (χ1v) is 7.21. The average Bonchev–Trinajstić information content (AvgIpc) is 2.48. The molecule has 2 aromatic carbocycles. The average molecular weight is 346 g/mol. The highest BCUT2D eigenvalue weighted by atomic mass is 79.9. The highest BCUT2D eigenvalue weighted by molar-refractivity contribution is 9.10. The highest BCUT2D eigenvalue weighted by Crippen LogP contribution is 2.29. The van der Waals surface area contributed by atoms with Gasteiger partial charge in [-0.05, 0) is 48.9 Å². The molecule has 1 heterocycles. The molecule has 0 aliphatic carbocycles. The van der Waals surface area contributed by atoms with E-state index in [1.165, 1.54) is 0 Å². The molecule has 0 atom stereocenters. The molecule has 1 aliphatic rings. The summed E-state index contributed by atoms with van der Waals surface area (Å²) in [5.74, 6) is 0.276. The van der Waals surface area contributed by atoms with Gasteiger partial charge >= 0.3 is 0 Å². The molecule has 0 bridgehead atoms. The van der Waals surface area contributed by atoms with Crippen LogP contribution < -0.4 is 10.1 Å². The van der Waals surface area contributed by atoms with Crippen LogP contribution in [0.3, 0.4) is 0 Å². The van der Waals surface area contributed by atoms with Crippen LogP contribution in [0.2, 0.25) is 0 Å². The second-order valence-corrected chi connectivity index (χ2v) is 5.70. The van der Waals surface area contributed by atoms with Crippen LogP contribution in [0.15, 0.2) is 40.9 Å². The number of aryl methyl sites for hydroxylation is 1. The maximum absolute atomic E-state index is 12.5. The van der Waals surface area contributed by atoms with Crippen molar-refractivity contribution in [3.8, 4) is 5.75 Å². The van der Waals surface area contributed by atoms with E-state index in [-0.39, 0.29) is 18.3 Å². The van der Waals surface area contributed by atoms with Gasteiger partial charge < -0.3 is 10.1 Å². The third-order valence-electron chi connectivity index (χ3n) is 3.29. The number of carbonyl (C=O) groups excluding carboxylic acids is 2. The predicted octanol–water partition coefficient (Wildman–Crippen LogP) is 3.32. The van der Waals surface area contributed by atoms with Gasteiger partial charge in [-0.15, -0.1) is 0 Å². The van der Waals surface area contributed by atoms with Crippen molar-refractivity contribution < 1.29 is 14.3 Å². The Kier molecular flexibility index (Phi) is 3.51. The topological polar surface area (TPSA) is 55.4 Å². The molecule has 106 valence electrons. The standard InChI is InChI=1S/C16H12BrNO3/c1-9-6-10(2-4-12(9)17)16(20)11-3-5-14-13(7-11)18-15(19)8-21-14/h2-7H,8H2,1H3,(H,18,19). The quantitative estimate of drug-likeness (QED) is 0.849. The molecule has 3 rings (SSSR count). The summed E-state index contributed by atoms with van der Waals surface area (Å²) in [4.78, 5) is 23.8. The molecule has 21 heavy (non-hydrogen) atoms. The molecule has 0 saturated carbocycles. The van der Waals surface area contributed by atoms with Crippen molar-refractivity contribution in [1.82, 2.24) is 0 Å². The Balaban J connectivity index is 1.96. The molecule has 1 aliphatic heterocycles. The van der Waals surface area contributed by atoms with E-state index in [0.29, 0.717) is 22.6 Å². The van der Waals surface area contributed by atoms with Crippen LogP contribution in [0.1, 0.15) is 21.5 Å². The summed E-state index contributed by atoms with van der Waals surface area (Å²) in [6.07, 6.45) is 0. The van der Waals surface area contributed by atoms with Gasteiger partial charge in [-0.2, -0.15) is 0 Å². The molecule has 0 spiro atoms. The Morgan fingerprint density at radius 1 is 1.19 bits per heavy atom. The minimum Gasteiger partial charge on any atom is -0.482 e. The number of rotatable bonds is 2.